The lowest BCUT2D eigenvalue weighted by atomic mass is 10.0. The van der Waals surface area contributed by atoms with E-state index in [0.717, 1.165) is 23.2 Å². The minimum absolute atomic E-state index is 0.124. The molecule has 0 saturated carbocycles. The molecule has 0 unspecified atom stereocenters. The van der Waals surface area contributed by atoms with Crippen LogP contribution in [-0.4, -0.2) is 28.3 Å². The number of carbonyl (C=O) groups excluding carboxylic acids is 2. The number of aryl methyl sites for hydroxylation is 2. The van der Waals surface area contributed by atoms with E-state index in [4.69, 9.17) is 4.74 Å². The molecule has 3 aromatic rings. The minimum atomic E-state index is -0.550. The number of ether oxygens (including phenoxy) is 1. The van der Waals surface area contributed by atoms with E-state index in [2.05, 4.69) is 10.4 Å². The lowest BCUT2D eigenvalue weighted by Gasteiger charge is -2.17. The van der Waals surface area contributed by atoms with Gasteiger partial charge in [0.05, 0.1) is 23.1 Å². The van der Waals surface area contributed by atoms with Crippen molar-refractivity contribution in [1.82, 2.24) is 15.1 Å². The van der Waals surface area contributed by atoms with Crippen LogP contribution < -0.4 is 5.32 Å². The zero-order chi connectivity index (χ0) is 21.7. The standard InChI is InChI=1S/C24H27N3O3/c1-5-21(19-13-11-16(2)12-14-19)25-22(28)15-30-24(29)23-17(3)26-27(18(23)4)20-9-7-6-8-10-20/h6-14,21H,5,15H2,1-4H3,(H,25,28)/t21-/m0/s1. The summed E-state index contributed by atoms with van der Waals surface area (Å²) in [7, 11) is 0. The fourth-order valence-electron chi connectivity index (χ4n) is 3.42. The van der Waals surface area contributed by atoms with E-state index in [1.807, 2.05) is 75.4 Å². The Morgan fingerprint density at radius 1 is 1.03 bits per heavy atom. The molecule has 0 radical (unpaired) electrons. The van der Waals surface area contributed by atoms with E-state index < -0.39 is 5.97 Å². The Hall–Kier alpha value is -3.41. The molecule has 6 nitrogen and oxygen atoms in total. The maximum absolute atomic E-state index is 12.6. The molecule has 2 aromatic carbocycles. The van der Waals surface area contributed by atoms with Gasteiger partial charge < -0.3 is 10.1 Å². The van der Waals surface area contributed by atoms with Crippen LogP contribution in [0.5, 0.6) is 0 Å². The molecule has 1 heterocycles. The first-order valence-corrected chi connectivity index (χ1v) is 10.1. The van der Waals surface area contributed by atoms with Crippen molar-refractivity contribution in [1.29, 1.82) is 0 Å². The van der Waals surface area contributed by atoms with E-state index in [1.54, 1.807) is 11.6 Å². The van der Waals surface area contributed by atoms with Gasteiger partial charge in [0.1, 0.15) is 5.56 Å². The fraction of sp³-hybridized carbons (Fsp3) is 0.292. The number of aromatic nitrogens is 2. The van der Waals surface area contributed by atoms with Gasteiger partial charge >= 0.3 is 5.97 Å². The van der Waals surface area contributed by atoms with E-state index >= 15 is 0 Å². The second-order valence-corrected chi connectivity index (χ2v) is 7.31. The Bertz CT molecular complexity index is 1020. The Balaban J connectivity index is 1.64. The lowest BCUT2D eigenvalue weighted by molar-refractivity contribution is -0.125. The summed E-state index contributed by atoms with van der Waals surface area (Å²) in [4.78, 5) is 25.0. The zero-order valence-electron chi connectivity index (χ0n) is 17.8. The van der Waals surface area contributed by atoms with Gasteiger partial charge in [-0.2, -0.15) is 5.10 Å². The van der Waals surface area contributed by atoms with Gasteiger partial charge in [0.25, 0.3) is 5.91 Å². The predicted molar refractivity (Wildman–Crippen MR) is 116 cm³/mol. The average Bonchev–Trinajstić information content (AvgIpc) is 3.05. The number of para-hydroxylation sites is 1. The number of hydrogen-bond acceptors (Lipinski definition) is 4. The fourth-order valence-corrected chi connectivity index (χ4v) is 3.42. The largest absolute Gasteiger partial charge is 0.452 e. The van der Waals surface area contributed by atoms with Crippen LogP contribution in [0.1, 0.15) is 52.3 Å². The Morgan fingerprint density at radius 2 is 1.70 bits per heavy atom. The second kappa shape index (κ2) is 9.39. The third-order valence-electron chi connectivity index (χ3n) is 5.05. The van der Waals surface area contributed by atoms with Gasteiger partial charge in [0, 0.05) is 0 Å². The van der Waals surface area contributed by atoms with Crippen molar-refractivity contribution in [3.05, 3.63) is 82.7 Å². The number of benzene rings is 2. The van der Waals surface area contributed by atoms with Gasteiger partial charge in [-0.1, -0.05) is 55.0 Å². The molecule has 0 aliphatic rings. The summed E-state index contributed by atoms with van der Waals surface area (Å²) in [6.45, 7) is 7.26. The Labute approximate surface area is 176 Å². The molecule has 0 bridgehead atoms. The SMILES string of the molecule is CC[C@H](NC(=O)COC(=O)c1c(C)nn(-c2ccccc2)c1C)c1ccc(C)cc1. The summed E-state index contributed by atoms with van der Waals surface area (Å²) in [6, 6.07) is 17.5. The summed E-state index contributed by atoms with van der Waals surface area (Å²) in [5, 5.41) is 7.38. The van der Waals surface area contributed by atoms with Crippen LogP contribution in [0.3, 0.4) is 0 Å². The molecule has 0 fully saturated rings. The van der Waals surface area contributed by atoms with Gasteiger partial charge in [-0.05, 0) is 44.9 Å². The summed E-state index contributed by atoms with van der Waals surface area (Å²) >= 11 is 0. The van der Waals surface area contributed by atoms with Gasteiger partial charge in [0.15, 0.2) is 6.61 Å². The molecule has 30 heavy (non-hydrogen) atoms. The highest BCUT2D eigenvalue weighted by molar-refractivity contribution is 5.93. The number of nitrogens with one attached hydrogen (secondary N) is 1. The van der Waals surface area contributed by atoms with Crippen molar-refractivity contribution < 1.29 is 14.3 Å². The maximum atomic E-state index is 12.6. The van der Waals surface area contributed by atoms with E-state index in [-0.39, 0.29) is 18.6 Å². The molecule has 3 rings (SSSR count). The summed E-state index contributed by atoms with van der Waals surface area (Å²) in [5.41, 5.74) is 4.67. The van der Waals surface area contributed by atoms with Crippen LogP contribution in [0, 0.1) is 20.8 Å². The van der Waals surface area contributed by atoms with Crippen LogP contribution >= 0.6 is 0 Å². The van der Waals surface area contributed by atoms with Gasteiger partial charge in [-0.3, -0.25) is 4.79 Å². The molecule has 1 aromatic heterocycles. The molecule has 156 valence electrons. The van der Waals surface area contributed by atoms with Crippen molar-refractivity contribution in [3.8, 4) is 5.69 Å². The zero-order valence-corrected chi connectivity index (χ0v) is 17.8. The third kappa shape index (κ3) is 4.76. The number of carbonyl (C=O) groups is 2. The Morgan fingerprint density at radius 3 is 2.33 bits per heavy atom. The minimum Gasteiger partial charge on any atom is -0.452 e. The second-order valence-electron chi connectivity index (χ2n) is 7.31. The first kappa shape index (κ1) is 21.3. The van der Waals surface area contributed by atoms with Crippen LogP contribution in [0.2, 0.25) is 0 Å². The van der Waals surface area contributed by atoms with Gasteiger partial charge in [-0.15, -0.1) is 0 Å². The van der Waals surface area contributed by atoms with Crippen molar-refractivity contribution in [2.24, 2.45) is 0 Å². The number of esters is 1. The van der Waals surface area contributed by atoms with E-state index in [1.165, 1.54) is 0 Å². The highest BCUT2D eigenvalue weighted by Gasteiger charge is 2.22. The monoisotopic (exact) mass is 405 g/mol. The number of hydrogen-bond donors (Lipinski definition) is 1. The molecule has 0 aliphatic carbocycles. The molecule has 0 saturated heterocycles. The average molecular weight is 405 g/mol. The molecule has 0 aliphatic heterocycles. The van der Waals surface area contributed by atoms with Gasteiger partial charge in [-0.25, -0.2) is 9.48 Å². The maximum Gasteiger partial charge on any atom is 0.342 e. The number of amides is 1. The molecular weight excluding hydrogens is 378 g/mol. The smallest absolute Gasteiger partial charge is 0.342 e. The van der Waals surface area contributed by atoms with Crippen LogP contribution in [0.25, 0.3) is 5.69 Å². The highest BCUT2D eigenvalue weighted by atomic mass is 16.5. The topological polar surface area (TPSA) is 73.2 Å². The summed E-state index contributed by atoms with van der Waals surface area (Å²) in [5.74, 6) is -0.882. The Kier molecular flexibility index (Phi) is 6.67. The van der Waals surface area contributed by atoms with Crippen LogP contribution in [0.15, 0.2) is 54.6 Å². The normalized spacial score (nSPS) is 11.7. The molecule has 0 spiro atoms. The third-order valence-corrected chi connectivity index (χ3v) is 5.05. The summed E-state index contributed by atoms with van der Waals surface area (Å²) < 4.78 is 7.00. The van der Waals surface area contributed by atoms with E-state index in [9.17, 15) is 9.59 Å². The quantitative estimate of drug-likeness (QED) is 0.597. The predicted octanol–water partition coefficient (Wildman–Crippen LogP) is 4.22. The molecule has 1 atom stereocenters. The van der Waals surface area contributed by atoms with Crippen LogP contribution in [0.4, 0.5) is 0 Å². The molecule has 6 heteroatoms. The number of rotatable bonds is 7. The van der Waals surface area contributed by atoms with Crippen LogP contribution in [-0.2, 0) is 9.53 Å². The van der Waals surface area contributed by atoms with E-state index in [0.29, 0.717) is 17.0 Å². The molecule has 1 N–H and O–H groups in total. The first-order valence-electron chi connectivity index (χ1n) is 10.1. The lowest BCUT2D eigenvalue weighted by Crippen LogP contribution is -2.32. The highest BCUT2D eigenvalue weighted by Crippen LogP contribution is 2.19. The number of nitrogens with zero attached hydrogens (tertiary/aromatic N) is 2. The van der Waals surface area contributed by atoms with Gasteiger partial charge in [0.2, 0.25) is 0 Å². The molecule has 1 amide bonds. The van der Waals surface area contributed by atoms with Crippen molar-refractivity contribution in [2.75, 3.05) is 6.61 Å². The van der Waals surface area contributed by atoms with Crippen molar-refractivity contribution in [2.45, 2.75) is 40.2 Å². The first-order chi connectivity index (χ1) is 14.4. The summed E-state index contributed by atoms with van der Waals surface area (Å²) in [6.07, 6.45) is 0.741. The van der Waals surface area contributed by atoms with Crippen molar-refractivity contribution in [3.63, 3.8) is 0 Å². The van der Waals surface area contributed by atoms with Crippen molar-refractivity contribution >= 4 is 11.9 Å². The molecular formula is C24H27N3O3.